The van der Waals surface area contributed by atoms with E-state index in [0.717, 1.165) is 28.7 Å². The van der Waals surface area contributed by atoms with Crippen molar-refractivity contribution in [2.75, 3.05) is 6.61 Å². The molecule has 34 heavy (non-hydrogen) atoms. The topological polar surface area (TPSA) is 95.9 Å². The highest BCUT2D eigenvalue weighted by Crippen LogP contribution is 2.45. The Morgan fingerprint density at radius 2 is 1.74 bits per heavy atom. The molecule has 2 heterocycles. The van der Waals surface area contributed by atoms with Gasteiger partial charge in [-0.1, -0.05) is 48.5 Å². The molecule has 2 aromatic rings. The van der Waals surface area contributed by atoms with Crippen LogP contribution in [0.15, 0.2) is 48.5 Å². The first-order valence-electron chi connectivity index (χ1n) is 11.6. The summed E-state index contributed by atoms with van der Waals surface area (Å²) in [6, 6.07) is 14.7. The number of carboxylic acid groups (broad SMARTS) is 1. The maximum Gasteiger partial charge on any atom is 0.407 e. The molecule has 3 aliphatic rings. The lowest BCUT2D eigenvalue weighted by atomic mass is 9.89. The lowest BCUT2D eigenvalue weighted by Crippen LogP contribution is -2.51. The van der Waals surface area contributed by atoms with Gasteiger partial charge in [-0.05, 0) is 41.5 Å². The van der Waals surface area contributed by atoms with E-state index in [1.807, 2.05) is 36.4 Å². The fourth-order valence-electron chi connectivity index (χ4n) is 5.88. The number of amides is 2. The van der Waals surface area contributed by atoms with Gasteiger partial charge in [0.15, 0.2) is 0 Å². The van der Waals surface area contributed by atoms with E-state index in [1.165, 1.54) is 0 Å². The van der Waals surface area contributed by atoms with Gasteiger partial charge in [0.2, 0.25) is 5.91 Å². The zero-order valence-corrected chi connectivity index (χ0v) is 18.6. The number of alkyl carbamates (subject to hydrolysis) is 1. The number of hydrogen-bond donors (Lipinski definition) is 2. The van der Waals surface area contributed by atoms with Crippen LogP contribution in [0.1, 0.15) is 42.7 Å². The predicted octanol–water partition coefficient (Wildman–Crippen LogP) is 3.38. The first kappa shape index (κ1) is 22.0. The summed E-state index contributed by atoms with van der Waals surface area (Å²) in [5.41, 5.74) is 4.46. The van der Waals surface area contributed by atoms with Crippen molar-refractivity contribution in [3.63, 3.8) is 0 Å². The van der Waals surface area contributed by atoms with Crippen molar-refractivity contribution < 1.29 is 24.2 Å². The maximum absolute atomic E-state index is 13.3. The highest BCUT2D eigenvalue weighted by Gasteiger charge is 2.52. The van der Waals surface area contributed by atoms with E-state index in [4.69, 9.17) is 11.2 Å². The second kappa shape index (κ2) is 8.86. The van der Waals surface area contributed by atoms with Crippen LogP contribution in [-0.2, 0) is 14.3 Å². The van der Waals surface area contributed by atoms with Crippen molar-refractivity contribution in [2.24, 2.45) is 5.92 Å². The van der Waals surface area contributed by atoms with Crippen LogP contribution in [0.3, 0.4) is 0 Å². The Labute approximate surface area is 198 Å². The van der Waals surface area contributed by atoms with Gasteiger partial charge in [0.05, 0.1) is 5.92 Å². The molecule has 0 saturated carbocycles. The van der Waals surface area contributed by atoms with Crippen LogP contribution in [0, 0.1) is 18.3 Å². The maximum atomic E-state index is 13.3. The number of terminal acetylenes is 1. The minimum atomic E-state index is -0.948. The summed E-state index contributed by atoms with van der Waals surface area (Å²) in [5.74, 6) is 0.576. The van der Waals surface area contributed by atoms with Crippen molar-refractivity contribution in [3.05, 3.63) is 59.7 Å². The molecule has 2 N–H and O–H groups in total. The van der Waals surface area contributed by atoms with E-state index >= 15 is 0 Å². The molecule has 2 fully saturated rings. The third-order valence-corrected chi connectivity index (χ3v) is 7.36. The second-order valence-corrected chi connectivity index (χ2v) is 9.16. The zero-order valence-electron chi connectivity index (χ0n) is 18.6. The van der Waals surface area contributed by atoms with Crippen LogP contribution in [0.5, 0.6) is 0 Å². The van der Waals surface area contributed by atoms with Gasteiger partial charge in [-0.3, -0.25) is 9.59 Å². The van der Waals surface area contributed by atoms with Gasteiger partial charge in [-0.2, -0.15) is 0 Å². The third-order valence-electron chi connectivity index (χ3n) is 7.36. The largest absolute Gasteiger partial charge is 0.481 e. The smallest absolute Gasteiger partial charge is 0.407 e. The number of ether oxygens (including phenoxy) is 1. The molecule has 4 atom stereocenters. The molecule has 2 saturated heterocycles. The van der Waals surface area contributed by atoms with Gasteiger partial charge in [-0.15, -0.1) is 12.3 Å². The quantitative estimate of drug-likeness (QED) is 0.647. The standard InChI is InChI=1S/C27H26N2O5/c1-2-7-23(25(30)29-16-12-13-24(29)21(14-16)26(31)32)28-27(33)34-15-22-19-10-5-3-8-17(19)18-9-4-6-11-20(18)22/h1,3-6,8-11,16,21-24H,7,12-15H2,(H,28,33)(H,31,32)/t16-,21+,23?,24+/m0/s1. The molecule has 1 unspecified atom stereocenters. The molecule has 0 radical (unpaired) electrons. The molecule has 2 amide bonds. The first-order valence-corrected chi connectivity index (χ1v) is 11.6. The van der Waals surface area contributed by atoms with Gasteiger partial charge in [0.1, 0.15) is 12.6 Å². The first-order chi connectivity index (χ1) is 16.5. The fourth-order valence-corrected chi connectivity index (χ4v) is 5.88. The number of fused-ring (bicyclic) bond motifs is 5. The Balaban J connectivity index is 1.26. The number of rotatable bonds is 6. The highest BCUT2D eigenvalue weighted by atomic mass is 16.5. The average molecular weight is 459 g/mol. The number of hydrogen-bond acceptors (Lipinski definition) is 4. The highest BCUT2D eigenvalue weighted by molar-refractivity contribution is 5.88. The number of benzene rings is 2. The number of nitrogens with one attached hydrogen (secondary N) is 1. The normalized spacial score (nSPS) is 23.0. The Morgan fingerprint density at radius 1 is 1.09 bits per heavy atom. The summed E-state index contributed by atoms with van der Waals surface area (Å²) in [6.45, 7) is 0.132. The minimum Gasteiger partial charge on any atom is -0.481 e. The Bertz CT molecular complexity index is 1140. The monoisotopic (exact) mass is 458 g/mol. The molecule has 2 aromatic carbocycles. The molecule has 1 aliphatic carbocycles. The van der Waals surface area contributed by atoms with E-state index in [2.05, 4.69) is 23.4 Å². The van der Waals surface area contributed by atoms with Gasteiger partial charge < -0.3 is 20.1 Å². The van der Waals surface area contributed by atoms with Gasteiger partial charge in [-0.25, -0.2) is 4.79 Å². The van der Waals surface area contributed by atoms with Crippen molar-refractivity contribution in [1.29, 1.82) is 0 Å². The van der Waals surface area contributed by atoms with Crippen LogP contribution >= 0.6 is 0 Å². The van der Waals surface area contributed by atoms with Crippen LogP contribution in [0.25, 0.3) is 11.1 Å². The van der Waals surface area contributed by atoms with Crippen LogP contribution in [-0.4, -0.2) is 52.7 Å². The van der Waals surface area contributed by atoms with Crippen molar-refractivity contribution in [3.8, 4) is 23.5 Å². The Kier molecular flexibility index (Phi) is 5.74. The number of carboxylic acids is 1. The average Bonchev–Trinajstić information content (AvgIpc) is 3.52. The summed E-state index contributed by atoms with van der Waals surface area (Å²) in [6.07, 6.45) is 6.64. The van der Waals surface area contributed by atoms with Crippen molar-refractivity contribution in [1.82, 2.24) is 10.2 Å². The summed E-state index contributed by atoms with van der Waals surface area (Å²) in [5, 5.41) is 12.1. The Morgan fingerprint density at radius 3 is 2.32 bits per heavy atom. The van der Waals surface area contributed by atoms with E-state index < -0.39 is 24.0 Å². The lowest BCUT2D eigenvalue weighted by molar-refractivity contribution is -0.143. The summed E-state index contributed by atoms with van der Waals surface area (Å²) < 4.78 is 5.57. The van der Waals surface area contributed by atoms with Crippen molar-refractivity contribution >= 4 is 18.0 Å². The van der Waals surface area contributed by atoms with Gasteiger partial charge in [0, 0.05) is 24.4 Å². The lowest BCUT2D eigenvalue weighted by Gasteiger charge is -2.27. The molecule has 174 valence electrons. The number of carbonyl (C=O) groups is 3. The predicted molar refractivity (Wildman–Crippen MR) is 125 cm³/mol. The summed E-state index contributed by atoms with van der Waals surface area (Å²) in [7, 11) is 0. The third kappa shape index (κ3) is 3.69. The van der Waals surface area contributed by atoms with Crippen LogP contribution < -0.4 is 5.32 Å². The summed E-state index contributed by atoms with van der Waals surface area (Å²) >= 11 is 0. The van der Waals surface area contributed by atoms with Gasteiger partial charge >= 0.3 is 12.1 Å². The second-order valence-electron chi connectivity index (χ2n) is 9.16. The van der Waals surface area contributed by atoms with Crippen LogP contribution in [0.4, 0.5) is 4.79 Å². The SMILES string of the molecule is C#CCC(NC(=O)OCC1c2ccccc2-c2ccccc21)C(=O)N1[C@H]2CC[C@@H]1[C@H](C(=O)O)C2. The molecule has 2 aliphatic heterocycles. The number of nitrogens with zero attached hydrogens (tertiary/aromatic N) is 1. The van der Waals surface area contributed by atoms with E-state index in [1.54, 1.807) is 4.90 Å². The van der Waals surface area contributed by atoms with Crippen molar-refractivity contribution in [2.45, 2.75) is 49.7 Å². The van der Waals surface area contributed by atoms with Gasteiger partial charge in [0.25, 0.3) is 0 Å². The zero-order chi connectivity index (χ0) is 23.8. The molecule has 7 heteroatoms. The van der Waals surface area contributed by atoms with E-state index in [0.29, 0.717) is 12.8 Å². The summed E-state index contributed by atoms with van der Waals surface area (Å²) in [4.78, 5) is 39.2. The minimum absolute atomic E-state index is 0.0106. The number of carbonyl (C=O) groups excluding carboxylic acids is 2. The molecule has 0 aromatic heterocycles. The number of aliphatic carboxylic acids is 1. The molecular formula is C27H26N2O5. The molecule has 2 bridgehead atoms. The Hall–Kier alpha value is -3.79. The molecular weight excluding hydrogens is 432 g/mol. The van der Waals surface area contributed by atoms with E-state index in [9.17, 15) is 19.5 Å². The molecule has 5 rings (SSSR count). The van der Waals surface area contributed by atoms with Crippen LogP contribution in [0.2, 0.25) is 0 Å². The fraction of sp³-hybridized carbons (Fsp3) is 0.370. The van der Waals surface area contributed by atoms with E-state index in [-0.39, 0.29) is 36.9 Å². The molecule has 7 nitrogen and oxygen atoms in total. The molecule has 0 spiro atoms.